The van der Waals surface area contributed by atoms with Crippen molar-refractivity contribution in [2.24, 2.45) is 0 Å². The van der Waals surface area contributed by atoms with E-state index in [0.29, 0.717) is 11.1 Å². The zero-order valence-electron chi connectivity index (χ0n) is 8.49. The Balaban J connectivity index is 2.89. The van der Waals surface area contributed by atoms with Gasteiger partial charge in [0, 0.05) is 17.2 Å². The zero-order valence-corrected chi connectivity index (χ0v) is 8.49. The lowest BCUT2D eigenvalue weighted by Gasteiger charge is -2.05. The Labute approximate surface area is 88.3 Å². The van der Waals surface area contributed by atoms with Crippen molar-refractivity contribution in [1.82, 2.24) is 0 Å². The number of hydrogen-bond donors (Lipinski definition) is 1. The van der Waals surface area contributed by atoms with Gasteiger partial charge in [0.15, 0.2) is 0 Å². The normalized spacial score (nSPS) is 9.40. The summed E-state index contributed by atoms with van der Waals surface area (Å²) in [7, 11) is 0. The van der Waals surface area contributed by atoms with E-state index >= 15 is 0 Å². The van der Waals surface area contributed by atoms with Gasteiger partial charge in [0.05, 0.1) is 0 Å². The summed E-state index contributed by atoms with van der Waals surface area (Å²) in [6, 6.07) is 4.55. The maximum Gasteiger partial charge on any atom is 0.338 e. The van der Waals surface area contributed by atoms with Crippen LogP contribution in [0.2, 0.25) is 0 Å². The van der Waals surface area contributed by atoms with Crippen molar-refractivity contribution in [2.45, 2.75) is 6.92 Å². The SMILES string of the molecule is C=Cc1ccc(OC(=O)C(=C)C)cc1O. The molecule has 1 rings (SSSR count). The van der Waals surface area contributed by atoms with E-state index < -0.39 is 5.97 Å². The molecule has 3 nitrogen and oxygen atoms in total. The lowest BCUT2D eigenvalue weighted by Crippen LogP contribution is -2.07. The summed E-state index contributed by atoms with van der Waals surface area (Å²) in [6.07, 6.45) is 1.51. The summed E-state index contributed by atoms with van der Waals surface area (Å²) >= 11 is 0. The van der Waals surface area contributed by atoms with Gasteiger partial charge in [0.1, 0.15) is 11.5 Å². The number of esters is 1. The molecule has 0 aliphatic rings. The number of hydrogen-bond acceptors (Lipinski definition) is 3. The number of ether oxygens (including phenoxy) is 1. The van der Waals surface area contributed by atoms with Crippen molar-refractivity contribution in [3.8, 4) is 11.5 Å². The molecule has 1 aromatic rings. The van der Waals surface area contributed by atoms with Gasteiger partial charge in [-0.15, -0.1) is 0 Å². The molecule has 0 spiro atoms. The molecule has 0 aliphatic carbocycles. The van der Waals surface area contributed by atoms with Gasteiger partial charge in [0.2, 0.25) is 0 Å². The molecule has 0 aromatic heterocycles. The first-order valence-electron chi connectivity index (χ1n) is 4.37. The molecular formula is C12H12O3. The summed E-state index contributed by atoms with van der Waals surface area (Å²) in [4.78, 5) is 11.2. The van der Waals surface area contributed by atoms with E-state index in [1.165, 1.54) is 12.1 Å². The quantitative estimate of drug-likeness (QED) is 0.467. The first-order chi connectivity index (χ1) is 7.04. The molecule has 3 heteroatoms. The maximum absolute atomic E-state index is 11.2. The second-order valence-electron chi connectivity index (χ2n) is 3.09. The smallest absolute Gasteiger partial charge is 0.338 e. The molecule has 78 valence electrons. The number of aromatic hydroxyl groups is 1. The van der Waals surface area contributed by atoms with Crippen LogP contribution in [0.1, 0.15) is 12.5 Å². The molecule has 0 heterocycles. The second-order valence-corrected chi connectivity index (χ2v) is 3.09. The van der Waals surface area contributed by atoms with E-state index in [0.717, 1.165) is 0 Å². The number of carbonyl (C=O) groups is 1. The number of rotatable bonds is 3. The Kier molecular flexibility index (Phi) is 3.29. The van der Waals surface area contributed by atoms with Gasteiger partial charge in [-0.25, -0.2) is 4.79 Å². The molecule has 0 aliphatic heterocycles. The third-order valence-electron chi connectivity index (χ3n) is 1.78. The van der Waals surface area contributed by atoms with Crippen LogP contribution in [0.25, 0.3) is 6.08 Å². The predicted molar refractivity (Wildman–Crippen MR) is 58.6 cm³/mol. The van der Waals surface area contributed by atoms with Crippen LogP contribution in [-0.4, -0.2) is 11.1 Å². The number of benzene rings is 1. The molecule has 1 N–H and O–H groups in total. The van der Waals surface area contributed by atoms with E-state index in [-0.39, 0.29) is 11.5 Å². The van der Waals surface area contributed by atoms with Crippen LogP contribution in [0.15, 0.2) is 36.9 Å². The monoisotopic (exact) mass is 204 g/mol. The summed E-state index contributed by atoms with van der Waals surface area (Å²) in [5, 5.41) is 9.46. The third kappa shape index (κ3) is 2.71. The average molecular weight is 204 g/mol. The van der Waals surface area contributed by atoms with Crippen molar-refractivity contribution < 1.29 is 14.6 Å². The molecule has 0 fully saturated rings. The lowest BCUT2D eigenvalue weighted by atomic mass is 10.2. The third-order valence-corrected chi connectivity index (χ3v) is 1.78. The van der Waals surface area contributed by atoms with Gasteiger partial charge in [0.25, 0.3) is 0 Å². The highest BCUT2D eigenvalue weighted by atomic mass is 16.5. The van der Waals surface area contributed by atoms with Gasteiger partial charge in [-0.3, -0.25) is 0 Å². The average Bonchev–Trinajstić information content (AvgIpc) is 2.18. The predicted octanol–water partition coefficient (Wildman–Crippen LogP) is 2.52. The van der Waals surface area contributed by atoms with Gasteiger partial charge >= 0.3 is 5.97 Å². The highest BCUT2D eigenvalue weighted by molar-refractivity contribution is 5.88. The molecule has 0 saturated heterocycles. The van der Waals surface area contributed by atoms with Crippen LogP contribution < -0.4 is 4.74 Å². The van der Waals surface area contributed by atoms with Gasteiger partial charge in [-0.05, 0) is 19.1 Å². The lowest BCUT2D eigenvalue weighted by molar-refractivity contribution is -0.130. The van der Waals surface area contributed by atoms with E-state index in [9.17, 15) is 9.90 Å². The summed E-state index contributed by atoms with van der Waals surface area (Å²) in [5.41, 5.74) is 0.896. The highest BCUT2D eigenvalue weighted by Gasteiger charge is 2.06. The van der Waals surface area contributed by atoms with Crippen molar-refractivity contribution in [3.05, 3.63) is 42.5 Å². The Morgan fingerprint density at radius 1 is 1.53 bits per heavy atom. The van der Waals surface area contributed by atoms with Crippen molar-refractivity contribution >= 4 is 12.0 Å². The van der Waals surface area contributed by atoms with Crippen LogP contribution >= 0.6 is 0 Å². The second kappa shape index (κ2) is 4.46. The van der Waals surface area contributed by atoms with E-state index in [1.54, 1.807) is 19.1 Å². The fourth-order valence-corrected chi connectivity index (χ4v) is 0.954. The maximum atomic E-state index is 11.2. The Hall–Kier alpha value is -2.03. The molecule has 0 radical (unpaired) electrons. The fourth-order valence-electron chi connectivity index (χ4n) is 0.954. The number of phenolic OH excluding ortho intramolecular Hbond substituents is 1. The first-order valence-corrected chi connectivity index (χ1v) is 4.37. The van der Waals surface area contributed by atoms with Crippen LogP contribution in [0, 0.1) is 0 Å². The van der Waals surface area contributed by atoms with Crippen molar-refractivity contribution in [1.29, 1.82) is 0 Å². The van der Waals surface area contributed by atoms with E-state index in [2.05, 4.69) is 13.2 Å². The van der Waals surface area contributed by atoms with Gasteiger partial charge in [-0.1, -0.05) is 19.2 Å². The fraction of sp³-hybridized carbons (Fsp3) is 0.0833. The Morgan fingerprint density at radius 2 is 2.20 bits per heavy atom. The molecule has 0 bridgehead atoms. The molecule has 1 aromatic carbocycles. The van der Waals surface area contributed by atoms with Gasteiger partial charge < -0.3 is 9.84 Å². The first kappa shape index (κ1) is 11.0. The zero-order chi connectivity index (χ0) is 11.4. The molecule has 15 heavy (non-hydrogen) atoms. The summed E-state index contributed by atoms with van der Waals surface area (Å²) < 4.78 is 4.92. The minimum atomic E-state index is -0.513. The van der Waals surface area contributed by atoms with E-state index in [4.69, 9.17) is 4.74 Å². The largest absolute Gasteiger partial charge is 0.507 e. The summed E-state index contributed by atoms with van der Waals surface area (Å²) in [6.45, 7) is 8.54. The Bertz CT molecular complexity index is 419. The molecule has 0 atom stereocenters. The topological polar surface area (TPSA) is 46.5 Å². The number of phenols is 1. The molecule has 0 saturated carbocycles. The van der Waals surface area contributed by atoms with Crippen molar-refractivity contribution in [3.63, 3.8) is 0 Å². The van der Waals surface area contributed by atoms with Crippen molar-refractivity contribution in [2.75, 3.05) is 0 Å². The summed E-state index contributed by atoms with van der Waals surface area (Å²) in [5.74, 6) is -0.205. The minimum Gasteiger partial charge on any atom is -0.507 e. The standard InChI is InChI=1S/C12H12O3/c1-4-9-5-6-10(7-11(9)13)15-12(14)8(2)3/h4-7,13H,1-2H2,3H3. The van der Waals surface area contributed by atoms with Crippen LogP contribution in [0.4, 0.5) is 0 Å². The van der Waals surface area contributed by atoms with Crippen LogP contribution in [0.5, 0.6) is 11.5 Å². The Morgan fingerprint density at radius 3 is 2.67 bits per heavy atom. The molecule has 0 unspecified atom stereocenters. The van der Waals surface area contributed by atoms with Crippen LogP contribution in [0.3, 0.4) is 0 Å². The number of carbonyl (C=O) groups excluding carboxylic acids is 1. The van der Waals surface area contributed by atoms with Gasteiger partial charge in [-0.2, -0.15) is 0 Å². The van der Waals surface area contributed by atoms with E-state index in [1.807, 2.05) is 0 Å². The highest BCUT2D eigenvalue weighted by Crippen LogP contribution is 2.24. The van der Waals surface area contributed by atoms with Crippen LogP contribution in [-0.2, 0) is 4.79 Å². The molecular weight excluding hydrogens is 192 g/mol. The molecule has 0 amide bonds. The minimum absolute atomic E-state index is 0.0250.